The van der Waals surface area contributed by atoms with Gasteiger partial charge in [0.15, 0.2) is 6.54 Å². The van der Waals surface area contributed by atoms with Gasteiger partial charge in [0, 0.05) is 6.04 Å². The van der Waals surface area contributed by atoms with Gasteiger partial charge in [-0.25, -0.2) is 8.42 Å². The van der Waals surface area contributed by atoms with Crippen molar-refractivity contribution in [1.82, 2.24) is 9.62 Å². The zero-order valence-corrected chi connectivity index (χ0v) is 17.0. The normalized spacial score (nSPS) is 20.2. The highest BCUT2D eigenvalue weighted by molar-refractivity contribution is 7.89. The molecule has 1 saturated heterocycles. The summed E-state index contributed by atoms with van der Waals surface area (Å²) in [5.74, 6) is 0.711. The van der Waals surface area contributed by atoms with E-state index in [0.29, 0.717) is 43.5 Å². The van der Waals surface area contributed by atoms with Crippen LogP contribution in [0.1, 0.15) is 19.8 Å². The van der Waals surface area contributed by atoms with E-state index >= 15 is 0 Å². The predicted octanol–water partition coefficient (Wildman–Crippen LogP) is 0.644. The molecule has 4 rings (SSSR count). The van der Waals surface area contributed by atoms with Gasteiger partial charge in [-0.1, -0.05) is 30.3 Å². The number of quaternary nitrogens is 1. The minimum absolute atomic E-state index is 0.0697. The molecule has 28 heavy (non-hydrogen) atoms. The molecule has 1 atom stereocenters. The third-order valence-electron chi connectivity index (χ3n) is 5.92. The van der Waals surface area contributed by atoms with E-state index in [-0.39, 0.29) is 11.9 Å². The van der Waals surface area contributed by atoms with Crippen LogP contribution >= 0.6 is 0 Å². The van der Waals surface area contributed by atoms with Gasteiger partial charge in [-0.2, -0.15) is 4.31 Å². The second-order valence-electron chi connectivity index (χ2n) is 8.03. The molecule has 1 aliphatic heterocycles. The fraction of sp³-hybridized carbons (Fsp3) is 0.476. The highest BCUT2D eigenvalue weighted by Crippen LogP contribution is 2.32. The summed E-state index contributed by atoms with van der Waals surface area (Å²) in [7, 11) is -3.51. The molecule has 0 radical (unpaired) electrons. The van der Waals surface area contributed by atoms with Crippen LogP contribution in [-0.4, -0.2) is 57.4 Å². The Morgan fingerprint density at radius 2 is 1.82 bits per heavy atom. The number of piperazine rings is 1. The Labute approximate surface area is 166 Å². The zero-order valence-electron chi connectivity index (χ0n) is 16.2. The highest BCUT2D eigenvalue weighted by atomic mass is 32.2. The summed E-state index contributed by atoms with van der Waals surface area (Å²) in [5.41, 5.74) is 0. The quantitative estimate of drug-likeness (QED) is 0.745. The number of nitrogens with one attached hydrogen (secondary N) is 2. The molecule has 0 spiro atoms. The van der Waals surface area contributed by atoms with Crippen molar-refractivity contribution in [3.63, 3.8) is 0 Å². The maximum absolute atomic E-state index is 13.0. The third-order valence-corrected chi connectivity index (χ3v) is 7.81. The number of sulfonamides is 1. The Morgan fingerprint density at radius 3 is 2.50 bits per heavy atom. The SMILES string of the molecule is C[C@@H](NC(=O)C[NH+]1CCN(S(=O)(=O)c2ccc3ccccc3c2)CC1)C1CC1. The second-order valence-corrected chi connectivity index (χ2v) is 9.97. The van der Waals surface area contributed by atoms with Gasteiger partial charge in [-0.05, 0) is 48.6 Å². The summed E-state index contributed by atoms with van der Waals surface area (Å²) in [4.78, 5) is 13.7. The number of carbonyl (C=O) groups is 1. The van der Waals surface area contributed by atoms with Crippen molar-refractivity contribution < 1.29 is 18.1 Å². The molecule has 2 fully saturated rings. The van der Waals surface area contributed by atoms with Crippen LogP contribution in [0, 0.1) is 5.92 Å². The first-order valence-corrected chi connectivity index (χ1v) is 11.5. The molecule has 0 unspecified atom stereocenters. The summed E-state index contributed by atoms with van der Waals surface area (Å²) in [6, 6.07) is 13.3. The van der Waals surface area contributed by atoms with Gasteiger partial charge in [0.1, 0.15) is 0 Å². The maximum Gasteiger partial charge on any atom is 0.275 e. The van der Waals surface area contributed by atoms with Gasteiger partial charge >= 0.3 is 0 Å². The number of fused-ring (bicyclic) bond motifs is 1. The molecule has 1 heterocycles. The number of hydrogen-bond donors (Lipinski definition) is 2. The average molecular weight is 403 g/mol. The summed E-state index contributed by atoms with van der Waals surface area (Å²) in [6.45, 7) is 4.67. The Balaban J connectivity index is 1.36. The zero-order chi connectivity index (χ0) is 19.7. The molecule has 6 nitrogen and oxygen atoms in total. The van der Waals surface area contributed by atoms with Crippen LogP contribution in [0.2, 0.25) is 0 Å². The average Bonchev–Trinajstić information content (AvgIpc) is 3.53. The molecule has 0 aromatic heterocycles. The van der Waals surface area contributed by atoms with Crippen LogP contribution in [-0.2, 0) is 14.8 Å². The van der Waals surface area contributed by atoms with Crippen molar-refractivity contribution in [2.75, 3.05) is 32.7 Å². The van der Waals surface area contributed by atoms with Crippen LogP contribution in [0.3, 0.4) is 0 Å². The van der Waals surface area contributed by atoms with E-state index in [0.717, 1.165) is 15.7 Å². The lowest BCUT2D eigenvalue weighted by Crippen LogP contribution is -3.15. The Hall–Kier alpha value is -1.96. The molecule has 7 heteroatoms. The predicted molar refractivity (Wildman–Crippen MR) is 109 cm³/mol. The van der Waals surface area contributed by atoms with E-state index in [2.05, 4.69) is 12.2 Å². The van der Waals surface area contributed by atoms with Crippen LogP contribution in [0.5, 0.6) is 0 Å². The van der Waals surface area contributed by atoms with E-state index in [4.69, 9.17) is 0 Å². The van der Waals surface area contributed by atoms with Gasteiger partial charge in [0.2, 0.25) is 10.0 Å². The van der Waals surface area contributed by atoms with Gasteiger partial charge in [-0.15, -0.1) is 0 Å². The van der Waals surface area contributed by atoms with Gasteiger partial charge < -0.3 is 10.2 Å². The molecule has 0 bridgehead atoms. The van der Waals surface area contributed by atoms with Crippen molar-refractivity contribution in [3.05, 3.63) is 42.5 Å². The van der Waals surface area contributed by atoms with Crippen LogP contribution in [0.25, 0.3) is 10.8 Å². The Bertz CT molecular complexity index is 964. The molecule has 1 aliphatic carbocycles. The molecule has 1 saturated carbocycles. The molecule has 2 aromatic rings. The number of hydrogen-bond acceptors (Lipinski definition) is 3. The van der Waals surface area contributed by atoms with Crippen molar-refractivity contribution in [2.24, 2.45) is 5.92 Å². The lowest BCUT2D eigenvalue weighted by molar-refractivity contribution is -0.895. The van der Waals surface area contributed by atoms with Gasteiger partial charge in [0.25, 0.3) is 5.91 Å². The first-order chi connectivity index (χ1) is 13.4. The van der Waals surface area contributed by atoms with Crippen molar-refractivity contribution in [2.45, 2.75) is 30.7 Å². The first-order valence-electron chi connectivity index (χ1n) is 10.1. The molecule has 150 valence electrons. The standard InChI is InChI=1S/C21H27N3O3S/c1-16(17-6-7-17)22-21(25)15-23-10-12-24(13-11-23)28(26,27)20-9-8-18-4-2-3-5-19(18)14-20/h2-5,8-9,14,16-17H,6-7,10-13,15H2,1H3,(H,22,25)/p+1/t16-/m1/s1. The van der Waals surface area contributed by atoms with Crippen molar-refractivity contribution in [1.29, 1.82) is 0 Å². The number of carbonyl (C=O) groups excluding carboxylic acids is 1. The lowest BCUT2D eigenvalue weighted by Gasteiger charge is -2.31. The molecule has 1 amide bonds. The van der Waals surface area contributed by atoms with Gasteiger partial charge in [0.05, 0.1) is 31.1 Å². The monoisotopic (exact) mass is 402 g/mol. The minimum Gasteiger partial charge on any atom is -0.348 e. The van der Waals surface area contributed by atoms with E-state index in [9.17, 15) is 13.2 Å². The van der Waals surface area contributed by atoms with E-state index in [1.165, 1.54) is 12.8 Å². The second kappa shape index (κ2) is 7.81. The third kappa shape index (κ3) is 4.21. The summed E-state index contributed by atoms with van der Waals surface area (Å²) >= 11 is 0. The maximum atomic E-state index is 13.0. The summed E-state index contributed by atoms with van der Waals surface area (Å²) in [6.07, 6.45) is 2.42. The van der Waals surface area contributed by atoms with Crippen LogP contribution in [0.4, 0.5) is 0 Å². The van der Waals surface area contributed by atoms with Gasteiger partial charge in [-0.3, -0.25) is 4.79 Å². The van der Waals surface area contributed by atoms with Crippen LogP contribution in [0.15, 0.2) is 47.4 Å². The Kier molecular flexibility index (Phi) is 5.40. The summed E-state index contributed by atoms with van der Waals surface area (Å²) in [5, 5.41) is 5.04. The topological polar surface area (TPSA) is 70.9 Å². The fourth-order valence-electron chi connectivity index (χ4n) is 3.94. The number of benzene rings is 2. The Morgan fingerprint density at radius 1 is 1.14 bits per heavy atom. The molecule has 2 N–H and O–H groups in total. The van der Waals surface area contributed by atoms with E-state index in [1.54, 1.807) is 16.4 Å². The van der Waals surface area contributed by atoms with Crippen molar-refractivity contribution >= 4 is 26.7 Å². The highest BCUT2D eigenvalue weighted by Gasteiger charge is 2.33. The van der Waals surface area contributed by atoms with E-state index < -0.39 is 10.0 Å². The van der Waals surface area contributed by atoms with Crippen LogP contribution < -0.4 is 10.2 Å². The largest absolute Gasteiger partial charge is 0.348 e. The fourth-order valence-corrected chi connectivity index (χ4v) is 5.42. The number of amides is 1. The van der Waals surface area contributed by atoms with E-state index in [1.807, 2.05) is 30.3 Å². The molecule has 2 aliphatic rings. The molecular formula is C21H28N3O3S+. The number of rotatable bonds is 6. The van der Waals surface area contributed by atoms with Crippen molar-refractivity contribution in [3.8, 4) is 0 Å². The molecular weight excluding hydrogens is 374 g/mol. The molecule has 2 aromatic carbocycles. The number of nitrogens with zero attached hydrogens (tertiary/aromatic N) is 1. The minimum atomic E-state index is -3.51. The first kappa shape index (κ1) is 19.4. The lowest BCUT2D eigenvalue weighted by atomic mass is 10.1. The smallest absolute Gasteiger partial charge is 0.275 e. The summed E-state index contributed by atoms with van der Waals surface area (Å²) < 4.78 is 27.6.